The molecule has 76 valence electrons. The number of aromatic nitrogens is 2. The van der Waals surface area contributed by atoms with Crippen molar-refractivity contribution in [2.75, 3.05) is 0 Å². The van der Waals surface area contributed by atoms with E-state index in [1.807, 2.05) is 12.1 Å². The third-order valence-electron chi connectivity index (χ3n) is 1.86. The predicted molar refractivity (Wildman–Crippen MR) is 65.2 cm³/mol. The van der Waals surface area contributed by atoms with Gasteiger partial charge in [0.1, 0.15) is 10.9 Å². The smallest absolute Gasteiger partial charge is 0.117 e. The van der Waals surface area contributed by atoms with Crippen molar-refractivity contribution < 1.29 is 0 Å². The molecular formula is C10H5BrCl2N2. The molecule has 1 heterocycles. The Balaban J connectivity index is 2.59. The van der Waals surface area contributed by atoms with Crippen LogP contribution in [0.2, 0.25) is 10.0 Å². The monoisotopic (exact) mass is 302 g/mol. The van der Waals surface area contributed by atoms with Gasteiger partial charge in [-0.15, -0.1) is 0 Å². The molecule has 0 spiro atoms. The summed E-state index contributed by atoms with van der Waals surface area (Å²) in [4.78, 5) is 8.07. The fourth-order valence-electron chi connectivity index (χ4n) is 1.18. The minimum absolute atomic E-state index is 0.504. The Labute approximate surface area is 105 Å². The zero-order chi connectivity index (χ0) is 10.8. The van der Waals surface area contributed by atoms with Gasteiger partial charge in [-0.2, -0.15) is 0 Å². The van der Waals surface area contributed by atoms with E-state index in [1.54, 1.807) is 12.1 Å². The van der Waals surface area contributed by atoms with Crippen molar-refractivity contribution >= 4 is 39.1 Å². The van der Waals surface area contributed by atoms with Gasteiger partial charge in [0.2, 0.25) is 0 Å². The highest BCUT2D eigenvalue weighted by Gasteiger charge is 2.08. The van der Waals surface area contributed by atoms with Gasteiger partial charge in [-0.1, -0.05) is 35.3 Å². The molecule has 2 nitrogen and oxygen atoms in total. The Bertz CT molecular complexity index is 503. The zero-order valence-corrected chi connectivity index (χ0v) is 10.5. The number of benzene rings is 1. The van der Waals surface area contributed by atoms with Crippen molar-refractivity contribution in [2.45, 2.75) is 0 Å². The van der Waals surface area contributed by atoms with Crippen LogP contribution in [0.4, 0.5) is 0 Å². The first-order valence-electron chi connectivity index (χ1n) is 4.10. The molecule has 2 rings (SSSR count). The van der Waals surface area contributed by atoms with Gasteiger partial charge in [0.15, 0.2) is 0 Å². The number of rotatable bonds is 1. The fourth-order valence-corrected chi connectivity index (χ4v) is 1.89. The van der Waals surface area contributed by atoms with Gasteiger partial charge in [-0.05, 0) is 28.1 Å². The molecule has 15 heavy (non-hydrogen) atoms. The average molecular weight is 304 g/mol. The molecular weight excluding hydrogens is 299 g/mol. The second kappa shape index (κ2) is 4.47. The molecule has 0 saturated carbocycles. The molecule has 2 aromatic rings. The molecule has 0 aliphatic rings. The first-order valence-corrected chi connectivity index (χ1v) is 5.65. The first kappa shape index (κ1) is 10.9. The third kappa shape index (κ3) is 2.30. The second-order valence-electron chi connectivity index (χ2n) is 2.83. The lowest BCUT2D eigenvalue weighted by Crippen LogP contribution is -1.87. The van der Waals surface area contributed by atoms with E-state index in [1.165, 1.54) is 6.33 Å². The van der Waals surface area contributed by atoms with E-state index < -0.39 is 0 Å². The summed E-state index contributed by atoms with van der Waals surface area (Å²) < 4.78 is 0.712. The van der Waals surface area contributed by atoms with Gasteiger partial charge in [0, 0.05) is 5.56 Å². The molecule has 0 amide bonds. The van der Waals surface area contributed by atoms with E-state index in [9.17, 15) is 0 Å². The van der Waals surface area contributed by atoms with Crippen molar-refractivity contribution in [2.24, 2.45) is 0 Å². The maximum atomic E-state index is 6.07. The summed E-state index contributed by atoms with van der Waals surface area (Å²) in [6.07, 6.45) is 1.47. The summed E-state index contributed by atoms with van der Waals surface area (Å²) in [5, 5.41) is 1.02. The Morgan fingerprint density at radius 3 is 2.67 bits per heavy atom. The standard InChI is InChI=1S/C10H5BrCl2N2/c11-9-4-8(14-5-15-9)6-2-1-3-7(12)10(6)13/h1-5H. The minimum Gasteiger partial charge on any atom is -0.236 e. The summed E-state index contributed by atoms with van der Waals surface area (Å²) >= 11 is 15.3. The van der Waals surface area contributed by atoms with E-state index in [0.717, 1.165) is 11.3 Å². The minimum atomic E-state index is 0.504. The van der Waals surface area contributed by atoms with Crippen LogP contribution in [-0.2, 0) is 0 Å². The lowest BCUT2D eigenvalue weighted by Gasteiger charge is -2.04. The molecule has 0 atom stereocenters. The van der Waals surface area contributed by atoms with Crippen molar-refractivity contribution in [1.82, 2.24) is 9.97 Å². The van der Waals surface area contributed by atoms with Crippen LogP contribution in [0, 0.1) is 0 Å². The van der Waals surface area contributed by atoms with Crippen LogP contribution in [0.5, 0.6) is 0 Å². The van der Waals surface area contributed by atoms with Gasteiger partial charge in [-0.25, -0.2) is 9.97 Å². The molecule has 5 heteroatoms. The van der Waals surface area contributed by atoms with E-state index >= 15 is 0 Å². The lowest BCUT2D eigenvalue weighted by atomic mass is 10.1. The second-order valence-corrected chi connectivity index (χ2v) is 4.42. The average Bonchev–Trinajstić information content (AvgIpc) is 2.22. The maximum absolute atomic E-state index is 6.07. The molecule has 0 unspecified atom stereocenters. The van der Waals surface area contributed by atoms with Crippen LogP contribution in [-0.4, -0.2) is 9.97 Å². The number of halogens is 3. The van der Waals surface area contributed by atoms with E-state index in [0.29, 0.717) is 14.6 Å². The topological polar surface area (TPSA) is 25.8 Å². The molecule has 0 fully saturated rings. The van der Waals surface area contributed by atoms with E-state index in [-0.39, 0.29) is 0 Å². The summed E-state index contributed by atoms with van der Waals surface area (Å²) in [5.41, 5.74) is 1.54. The van der Waals surface area contributed by atoms with Crippen LogP contribution >= 0.6 is 39.1 Å². The summed E-state index contributed by atoms with van der Waals surface area (Å²) in [5.74, 6) is 0. The van der Waals surface area contributed by atoms with E-state index in [2.05, 4.69) is 25.9 Å². The summed E-state index contributed by atoms with van der Waals surface area (Å²) in [6.45, 7) is 0. The van der Waals surface area contributed by atoms with Gasteiger partial charge in [0.05, 0.1) is 15.7 Å². The largest absolute Gasteiger partial charge is 0.236 e. The Kier molecular flexibility index (Phi) is 3.24. The normalized spacial score (nSPS) is 10.3. The fraction of sp³-hybridized carbons (Fsp3) is 0. The Hall–Kier alpha value is -0.640. The highest BCUT2D eigenvalue weighted by Crippen LogP contribution is 2.32. The van der Waals surface area contributed by atoms with Crippen LogP contribution in [0.25, 0.3) is 11.3 Å². The van der Waals surface area contributed by atoms with Gasteiger partial charge < -0.3 is 0 Å². The number of nitrogens with zero attached hydrogens (tertiary/aromatic N) is 2. The van der Waals surface area contributed by atoms with Gasteiger partial charge >= 0.3 is 0 Å². The Morgan fingerprint density at radius 2 is 1.93 bits per heavy atom. The van der Waals surface area contributed by atoms with Crippen LogP contribution < -0.4 is 0 Å². The van der Waals surface area contributed by atoms with Gasteiger partial charge in [-0.3, -0.25) is 0 Å². The number of hydrogen-bond donors (Lipinski definition) is 0. The number of hydrogen-bond acceptors (Lipinski definition) is 2. The van der Waals surface area contributed by atoms with Crippen molar-refractivity contribution in [1.29, 1.82) is 0 Å². The van der Waals surface area contributed by atoms with Gasteiger partial charge in [0.25, 0.3) is 0 Å². The molecule has 1 aromatic carbocycles. The molecule has 0 aliphatic carbocycles. The van der Waals surface area contributed by atoms with Crippen molar-refractivity contribution in [3.05, 3.63) is 45.2 Å². The van der Waals surface area contributed by atoms with Crippen molar-refractivity contribution in [3.63, 3.8) is 0 Å². The predicted octanol–water partition coefficient (Wildman–Crippen LogP) is 4.21. The zero-order valence-electron chi connectivity index (χ0n) is 7.42. The molecule has 1 aromatic heterocycles. The first-order chi connectivity index (χ1) is 7.18. The molecule has 0 N–H and O–H groups in total. The summed E-state index contributed by atoms with van der Waals surface area (Å²) in [6, 6.07) is 7.23. The van der Waals surface area contributed by atoms with E-state index in [4.69, 9.17) is 23.2 Å². The highest BCUT2D eigenvalue weighted by molar-refractivity contribution is 9.10. The van der Waals surface area contributed by atoms with Crippen LogP contribution in [0.1, 0.15) is 0 Å². The lowest BCUT2D eigenvalue weighted by molar-refractivity contribution is 1.14. The molecule has 0 aliphatic heterocycles. The van der Waals surface area contributed by atoms with Crippen LogP contribution in [0.3, 0.4) is 0 Å². The van der Waals surface area contributed by atoms with Crippen molar-refractivity contribution in [3.8, 4) is 11.3 Å². The summed E-state index contributed by atoms with van der Waals surface area (Å²) in [7, 11) is 0. The SMILES string of the molecule is Clc1cccc(-c2cc(Br)ncn2)c1Cl. The maximum Gasteiger partial charge on any atom is 0.117 e. The van der Waals surface area contributed by atoms with Crippen LogP contribution in [0.15, 0.2) is 35.2 Å². The molecule has 0 bridgehead atoms. The third-order valence-corrected chi connectivity index (χ3v) is 3.11. The quantitative estimate of drug-likeness (QED) is 0.737. The molecule has 0 radical (unpaired) electrons. The molecule has 0 saturated heterocycles. The highest BCUT2D eigenvalue weighted by atomic mass is 79.9. The Morgan fingerprint density at radius 1 is 1.13 bits per heavy atom.